The highest BCUT2D eigenvalue weighted by Crippen LogP contribution is 2.27. The normalized spacial score (nSPS) is 19.2. The summed E-state index contributed by atoms with van der Waals surface area (Å²) in [5.41, 5.74) is 1.34. The minimum absolute atomic E-state index is 0.792. The summed E-state index contributed by atoms with van der Waals surface area (Å²) in [6.45, 7) is 3.67. The molecule has 2 heterocycles. The molecular weight excluding hydrogens is 320 g/mol. The highest BCUT2D eigenvalue weighted by molar-refractivity contribution is 7.11. The van der Waals surface area contributed by atoms with Crippen LogP contribution in [0, 0.1) is 5.92 Å². The second-order valence-electron chi connectivity index (χ2n) is 6.86. The fourth-order valence-corrected chi connectivity index (χ4v) is 4.77. The lowest BCUT2D eigenvalue weighted by atomic mass is 9.97. The molecule has 3 rings (SSSR count). The van der Waals surface area contributed by atoms with Crippen molar-refractivity contribution in [3.63, 3.8) is 0 Å². The largest absolute Gasteiger partial charge is 0.381 e. The van der Waals surface area contributed by atoms with Crippen molar-refractivity contribution in [3.8, 4) is 0 Å². The maximum atomic E-state index is 5.43. The molecule has 0 saturated carbocycles. The fourth-order valence-electron chi connectivity index (χ4n) is 3.56. The van der Waals surface area contributed by atoms with Gasteiger partial charge < -0.3 is 15.0 Å². The standard InChI is InChI=1S/C18H30N4OS/c1-19-18(20-10-7-14-8-11-23-12-9-14)22(2)13-17-21-15-5-3-4-6-16(15)24-17/h14H,3-13H2,1-2H3,(H,19,20). The minimum atomic E-state index is 0.792. The zero-order chi connectivity index (χ0) is 16.8. The Morgan fingerprint density at radius 1 is 1.33 bits per heavy atom. The summed E-state index contributed by atoms with van der Waals surface area (Å²) < 4.78 is 5.43. The first-order valence-corrected chi connectivity index (χ1v) is 10.0. The average Bonchev–Trinajstić information content (AvgIpc) is 3.01. The number of thiazole rings is 1. The Labute approximate surface area is 149 Å². The van der Waals surface area contributed by atoms with E-state index in [-0.39, 0.29) is 0 Å². The summed E-state index contributed by atoms with van der Waals surface area (Å²) in [7, 11) is 3.96. The fraction of sp³-hybridized carbons (Fsp3) is 0.778. The molecule has 0 amide bonds. The van der Waals surface area contributed by atoms with Crippen molar-refractivity contribution in [1.82, 2.24) is 15.2 Å². The number of aliphatic imine (C=N–C) groups is 1. The Morgan fingerprint density at radius 3 is 2.88 bits per heavy atom. The van der Waals surface area contributed by atoms with Gasteiger partial charge in [0.2, 0.25) is 0 Å². The molecule has 1 aliphatic carbocycles. The number of guanidine groups is 1. The quantitative estimate of drug-likeness (QED) is 0.655. The van der Waals surface area contributed by atoms with Crippen molar-refractivity contribution in [1.29, 1.82) is 0 Å². The summed E-state index contributed by atoms with van der Waals surface area (Å²) in [5, 5.41) is 4.73. The third kappa shape index (κ3) is 4.70. The Morgan fingerprint density at radius 2 is 2.12 bits per heavy atom. The second-order valence-corrected chi connectivity index (χ2v) is 8.03. The number of hydrogen-bond donors (Lipinski definition) is 1. The van der Waals surface area contributed by atoms with E-state index in [9.17, 15) is 0 Å². The third-order valence-corrected chi connectivity index (χ3v) is 6.15. The Kier molecular flexibility index (Phi) is 6.49. The topological polar surface area (TPSA) is 49.8 Å². The zero-order valence-electron chi connectivity index (χ0n) is 15.0. The molecular formula is C18H30N4OS. The van der Waals surface area contributed by atoms with Gasteiger partial charge in [-0.05, 0) is 50.9 Å². The lowest BCUT2D eigenvalue weighted by molar-refractivity contribution is 0.0643. The number of aryl methyl sites for hydroxylation is 2. The van der Waals surface area contributed by atoms with Crippen LogP contribution in [0.3, 0.4) is 0 Å². The van der Waals surface area contributed by atoms with E-state index in [1.54, 1.807) is 0 Å². The average molecular weight is 351 g/mol. The number of rotatable bonds is 5. The van der Waals surface area contributed by atoms with Crippen molar-refractivity contribution in [2.24, 2.45) is 10.9 Å². The molecule has 134 valence electrons. The summed E-state index contributed by atoms with van der Waals surface area (Å²) >= 11 is 1.89. The molecule has 0 radical (unpaired) electrons. The zero-order valence-corrected chi connectivity index (χ0v) is 15.8. The molecule has 1 aromatic rings. The van der Waals surface area contributed by atoms with Crippen LogP contribution in [0.4, 0.5) is 0 Å². The highest BCUT2D eigenvalue weighted by Gasteiger charge is 2.17. The van der Waals surface area contributed by atoms with Crippen molar-refractivity contribution in [2.45, 2.75) is 51.5 Å². The van der Waals surface area contributed by atoms with Crippen molar-refractivity contribution in [2.75, 3.05) is 33.9 Å². The predicted octanol–water partition coefficient (Wildman–Crippen LogP) is 2.85. The van der Waals surface area contributed by atoms with Gasteiger partial charge >= 0.3 is 0 Å². The number of nitrogens with zero attached hydrogens (tertiary/aromatic N) is 3. The highest BCUT2D eigenvalue weighted by atomic mass is 32.1. The van der Waals surface area contributed by atoms with E-state index in [1.807, 2.05) is 18.4 Å². The van der Waals surface area contributed by atoms with Crippen LogP contribution >= 0.6 is 11.3 Å². The second kappa shape index (κ2) is 8.81. The molecule has 1 N–H and O–H groups in total. The molecule has 24 heavy (non-hydrogen) atoms. The van der Waals surface area contributed by atoms with Gasteiger partial charge in [0, 0.05) is 38.7 Å². The van der Waals surface area contributed by atoms with Crippen LogP contribution < -0.4 is 5.32 Å². The number of nitrogens with one attached hydrogen (secondary N) is 1. The van der Waals surface area contributed by atoms with Crippen LogP contribution in [-0.4, -0.2) is 49.7 Å². The molecule has 0 aromatic carbocycles. The van der Waals surface area contributed by atoms with Crippen LogP contribution in [-0.2, 0) is 24.1 Å². The van der Waals surface area contributed by atoms with Gasteiger partial charge in [-0.3, -0.25) is 4.99 Å². The maximum Gasteiger partial charge on any atom is 0.193 e. The van der Waals surface area contributed by atoms with Crippen molar-refractivity contribution in [3.05, 3.63) is 15.6 Å². The van der Waals surface area contributed by atoms with Gasteiger partial charge in [-0.25, -0.2) is 4.98 Å². The predicted molar refractivity (Wildman–Crippen MR) is 99.7 cm³/mol. The van der Waals surface area contributed by atoms with E-state index in [2.05, 4.69) is 22.3 Å². The molecule has 1 aliphatic heterocycles. The van der Waals surface area contributed by atoms with Gasteiger partial charge in [0.15, 0.2) is 5.96 Å². The first-order valence-electron chi connectivity index (χ1n) is 9.23. The molecule has 1 fully saturated rings. The smallest absolute Gasteiger partial charge is 0.193 e. The summed E-state index contributed by atoms with van der Waals surface area (Å²) in [6, 6.07) is 0. The van der Waals surface area contributed by atoms with Crippen LogP contribution in [0.5, 0.6) is 0 Å². The summed E-state index contributed by atoms with van der Waals surface area (Å²) in [4.78, 5) is 13.0. The van der Waals surface area contributed by atoms with Gasteiger partial charge in [-0.2, -0.15) is 0 Å². The Balaban J connectivity index is 1.46. The maximum absolute atomic E-state index is 5.43. The summed E-state index contributed by atoms with van der Waals surface area (Å²) in [5.74, 6) is 1.76. The molecule has 0 atom stereocenters. The Hall–Kier alpha value is -1.14. The van der Waals surface area contributed by atoms with Crippen LogP contribution in [0.1, 0.15) is 47.7 Å². The van der Waals surface area contributed by atoms with E-state index in [4.69, 9.17) is 9.72 Å². The van der Waals surface area contributed by atoms with Gasteiger partial charge in [0.25, 0.3) is 0 Å². The van der Waals surface area contributed by atoms with Gasteiger partial charge in [0.1, 0.15) is 5.01 Å². The molecule has 0 bridgehead atoms. The third-order valence-electron chi connectivity index (χ3n) is 5.01. The van der Waals surface area contributed by atoms with E-state index in [0.717, 1.165) is 44.6 Å². The van der Waals surface area contributed by atoms with Gasteiger partial charge in [-0.15, -0.1) is 11.3 Å². The molecule has 1 saturated heterocycles. The molecule has 0 unspecified atom stereocenters. The number of hydrogen-bond acceptors (Lipinski definition) is 4. The number of fused-ring (bicyclic) bond motifs is 1. The van der Waals surface area contributed by atoms with Gasteiger partial charge in [0.05, 0.1) is 12.2 Å². The lowest BCUT2D eigenvalue weighted by Gasteiger charge is -2.24. The molecule has 0 spiro atoms. The van der Waals surface area contributed by atoms with Crippen molar-refractivity contribution < 1.29 is 4.74 Å². The van der Waals surface area contributed by atoms with E-state index in [0.29, 0.717) is 0 Å². The van der Waals surface area contributed by atoms with Crippen LogP contribution in [0.15, 0.2) is 4.99 Å². The molecule has 1 aromatic heterocycles. The SMILES string of the molecule is CN=C(NCCC1CCOCC1)N(C)Cc1nc2c(s1)CCCC2. The van der Waals surface area contributed by atoms with Gasteiger partial charge in [-0.1, -0.05) is 0 Å². The molecule has 5 nitrogen and oxygen atoms in total. The Bertz CT molecular complexity index is 528. The first kappa shape index (κ1) is 17.7. The number of aromatic nitrogens is 1. The van der Waals surface area contributed by atoms with E-state index in [1.165, 1.54) is 54.1 Å². The minimum Gasteiger partial charge on any atom is -0.381 e. The summed E-state index contributed by atoms with van der Waals surface area (Å²) in [6.07, 6.45) is 8.58. The van der Waals surface area contributed by atoms with Crippen LogP contribution in [0.25, 0.3) is 0 Å². The molecule has 2 aliphatic rings. The monoisotopic (exact) mass is 350 g/mol. The number of ether oxygens (including phenoxy) is 1. The van der Waals surface area contributed by atoms with Crippen molar-refractivity contribution >= 4 is 17.3 Å². The van der Waals surface area contributed by atoms with Crippen LogP contribution in [0.2, 0.25) is 0 Å². The molecule has 6 heteroatoms. The van der Waals surface area contributed by atoms with E-state index >= 15 is 0 Å². The van der Waals surface area contributed by atoms with E-state index < -0.39 is 0 Å². The first-order chi connectivity index (χ1) is 11.8. The lowest BCUT2D eigenvalue weighted by Crippen LogP contribution is -2.39.